The van der Waals surface area contributed by atoms with E-state index in [4.69, 9.17) is 21.1 Å². The van der Waals surface area contributed by atoms with Crippen molar-refractivity contribution >= 4 is 17.5 Å². The average Bonchev–Trinajstić information content (AvgIpc) is 2.62. The smallest absolute Gasteiger partial charge is 0.237 e. The molecule has 1 aromatic rings. The number of carbonyl (C=O) groups excluding carboxylic acids is 1. The Morgan fingerprint density at radius 2 is 2.16 bits per heavy atom. The Morgan fingerprint density at radius 1 is 1.32 bits per heavy atom. The zero-order valence-corrected chi connectivity index (χ0v) is 15.6. The second-order valence-corrected chi connectivity index (χ2v) is 7.10. The Hall–Kier alpha value is -1.46. The van der Waals surface area contributed by atoms with Gasteiger partial charge in [0.15, 0.2) is 11.5 Å². The number of fused-ring (bicyclic) bond motifs is 1. The fourth-order valence-electron chi connectivity index (χ4n) is 3.60. The molecule has 1 unspecified atom stereocenters. The zero-order chi connectivity index (χ0) is 17.6. The number of ether oxygens (including phenoxy) is 2. The van der Waals surface area contributed by atoms with Gasteiger partial charge in [0.05, 0.1) is 11.1 Å². The molecule has 1 amide bonds. The number of likely N-dealkylation sites (tertiary alicyclic amines) is 1. The maximum Gasteiger partial charge on any atom is 0.237 e. The molecule has 5 nitrogen and oxygen atoms in total. The van der Waals surface area contributed by atoms with Crippen LogP contribution in [0.3, 0.4) is 0 Å². The van der Waals surface area contributed by atoms with E-state index in [0.717, 1.165) is 44.3 Å². The molecule has 0 aromatic heterocycles. The predicted octanol–water partition coefficient (Wildman–Crippen LogP) is 3.03. The van der Waals surface area contributed by atoms with Crippen LogP contribution in [0.1, 0.15) is 38.2 Å². The number of nitrogens with one attached hydrogen (secondary N) is 1. The first-order valence-corrected chi connectivity index (χ1v) is 9.66. The summed E-state index contributed by atoms with van der Waals surface area (Å²) in [7, 11) is 0. The van der Waals surface area contributed by atoms with Crippen LogP contribution in [0.25, 0.3) is 0 Å². The summed E-state index contributed by atoms with van der Waals surface area (Å²) in [4.78, 5) is 14.9. The van der Waals surface area contributed by atoms with Gasteiger partial charge in [-0.05, 0) is 56.5 Å². The monoisotopic (exact) mass is 366 g/mol. The fraction of sp³-hybridized carbons (Fsp3) is 0.632. The molecule has 2 aliphatic heterocycles. The van der Waals surface area contributed by atoms with E-state index in [1.54, 1.807) is 0 Å². The maximum absolute atomic E-state index is 12.5. The van der Waals surface area contributed by atoms with Gasteiger partial charge >= 0.3 is 0 Å². The summed E-state index contributed by atoms with van der Waals surface area (Å²) < 4.78 is 11.1. The lowest BCUT2D eigenvalue weighted by Crippen LogP contribution is -2.50. The molecule has 0 radical (unpaired) electrons. The number of halogens is 1. The minimum Gasteiger partial charge on any atom is -0.486 e. The van der Waals surface area contributed by atoms with Gasteiger partial charge in [-0.1, -0.05) is 24.9 Å². The highest BCUT2D eigenvalue weighted by Gasteiger charge is 2.27. The lowest BCUT2D eigenvalue weighted by molar-refractivity contribution is -0.127. The molecular weight excluding hydrogens is 340 g/mol. The topological polar surface area (TPSA) is 50.8 Å². The molecule has 2 heterocycles. The van der Waals surface area contributed by atoms with Gasteiger partial charge in [-0.15, -0.1) is 0 Å². The lowest BCUT2D eigenvalue weighted by Gasteiger charge is -2.34. The van der Waals surface area contributed by atoms with E-state index in [-0.39, 0.29) is 11.9 Å². The summed E-state index contributed by atoms with van der Waals surface area (Å²) in [6.07, 6.45) is 5.10. The fourth-order valence-corrected chi connectivity index (χ4v) is 3.89. The van der Waals surface area contributed by atoms with Gasteiger partial charge in [-0.2, -0.15) is 0 Å². The first-order valence-electron chi connectivity index (χ1n) is 9.29. The van der Waals surface area contributed by atoms with Crippen molar-refractivity contribution in [3.8, 4) is 11.5 Å². The van der Waals surface area contributed by atoms with Crippen molar-refractivity contribution in [3.05, 3.63) is 22.7 Å². The Labute approximate surface area is 154 Å². The van der Waals surface area contributed by atoms with E-state index in [1.165, 1.54) is 6.42 Å². The maximum atomic E-state index is 12.5. The quantitative estimate of drug-likeness (QED) is 0.840. The Kier molecular flexibility index (Phi) is 6.43. The largest absolute Gasteiger partial charge is 0.486 e. The van der Waals surface area contributed by atoms with Crippen LogP contribution in [-0.4, -0.2) is 49.7 Å². The summed E-state index contributed by atoms with van der Waals surface area (Å²) >= 11 is 6.27. The highest BCUT2D eigenvalue weighted by atomic mass is 35.5. The summed E-state index contributed by atoms with van der Waals surface area (Å²) in [6.45, 7) is 5.86. The summed E-state index contributed by atoms with van der Waals surface area (Å²) in [5, 5.41) is 3.66. The number of amides is 1. The van der Waals surface area contributed by atoms with Gasteiger partial charge in [-0.3, -0.25) is 9.69 Å². The molecule has 25 heavy (non-hydrogen) atoms. The van der Waals surface area contributed by atoms with Crippen molar-refractivity contribution in [3.63, 3.8) is 0 Å². The van der Waals surface area contributed by atoms with Crippen LogP contribution in [0.5, 0.6) is 11.5 Å². The third-order valence-electron chi connectivity index (χ3n) is 4.80. The third kappa shape index (κ3) is 4.59. The standard InChI is InChI=1S/C19H27ClN2O3/c1-2-8-22-9-4-3-5-16(22)19(23)21-7-6-14-12-15(20)18-17(13-14)24-10-11-25-18/h12-13,16H,2-11H2,1H3,(H,21,23). The second kappa shape index (κ2) is 8.77. The van der Waals surface area contributed by atoms with E-state index >= 15 is 0 Å². The summed E-state index contributed by atoms with van der Waals surface area (Å²) in [5.74, 6) is 1.47. The number of piperidine rings is 1. The Bertz CT molecular complexity index is 607. The van der Waals surface area contributed by atoms with Crippen LogP contribution in [0.4, 0.5) is 0 Å². The van der Waals surface area contributed by atoms with Gasteiger partial charge in [0.1, 0.15) is 13.2 Å². The predicted molar refractivity (Wildman–Crippen MR) is 98.7 cm³/mol. The number of benzene rings is 1. The molecule has 0 bridgehead atoms. The molecule has 1 fully saturated rings. The summed E-state index contributed by atoms with van der Waals surface area (Å²) in [6, 6.07) is 3.87. The minimum atomic E-state index is 0.0255. The molecule has 0 spiro atoms. The van der Waals surface area contributed by atoms with Crippen molar-refractivity contribution in [2.24, 2.45) is 0 Å². The van der Waals surface area contributed by atoms with Crippen LogP contribution in [0.2, 0.25) is 5.02 Å². The van der Waals surface area contributed by atoms with Crippen molar-refractivity contribution in [2.45, 2.75) is 45.1 Å². The number of hydrogen-bond acceptors (Lipinski definition) is 4. The van der Waals surface area contributed by atoms with Crippen LogP contribution in [-0.2, 0) is 11.2 Å². The van der Waals surface area contributed by atoms with Gasteiger partial charge in [0.2, 0.25) is 5.91 Å². The Balaban J connectivity index is 1.53. The van der Waals surface area contributed by atoms with E-state index < -0.39 is 0 Å². The summed E-state index contributed by atoms with van der Waals surface area (Å²) in [5.41, 5.74) is 1.05. The molecule has 1 atom stereocenters. The molecule has 138 valence electrons. The van der Waals surface area contributed by atoms with E-state index in [1.807, 2.05) is 12.1 Å². The number of rotatable bonds is 6. The Morgan fingerprint density at radius 3 is 3.00 bits per heavy atom. The van der Waals surface area contributed by atoms with Crippen molar-refractivity contribution in [1.82, 2.24) is 10.2 Å². The van der Waals surface area contributed by atoms with Crippen LogP contribution in [0, 0.1) is 0 Å². The van der Waals surface area contributed by atoms with E-state index in [0.29, 0.717) is 36.3 Å². The van der Waals surface area contributed by atoms with Crippen LogP contribution in [0.15, 0.2) is 12.1 Å². The second-order valence-electron chi connectivity index (χ2n) is 6.69. The minimum absolute atomic E-state index is 0.0255. The van der Waals surface area contributed by atoms with Crippen molar-refractivity contribution < 1.29 is 14.3 Å². The highest BCUT2D eigenvalue weighted by molar-refractivity contribution is 6.32. The molecular formula is C19H27ClN2O3. The van der Waals surface area contributed by atoms with E-state index in [9.17, 15) is 4.79 Å². The normalized spacial score (nSPS) is 20.3. The zero-order valence-electron chi connectivity index (χ0n) is 14.9. The molecule has 1 aromatic carbocycles. The lowest BCUT2D eigenvalue weighted by atomic mass is 10.0. The molecule has 1 N–H and O–H groups in total. The van der Waals surface area contributed by atoms with Crippen molar-refractivity contribution in [2.75, 3.05) is 32.8 Å². The number of hydrogen-bond donors (Lipinski definition) is 1. The van der Waals surface area contributed by atoms with Gasteiger partial charge in [0.25, 0.3) is 0 Å². The van der Waals surface area contributed by atoms with Gasteiger partial charge < -0.3 is 14.8 Å². The molecule has 0 saturated carbocycles. The van der Waals surface area contributed by atoms with E-state index in [2.05, 4.69) is 17.1 Å². The van der Waals surface area contributed by atoms with Crippen LogP contribution >= 0.6 is 11.6 Å². The number of nitrogens with zero attached hydrogens (tertiary/aromatic N) is 1. The number of carbonyl (C=O) groups is 1. The average molecular weight is 367 g/mol. The first-order chi connectivity index (χ1) is 12.2. The van der Waals surface area contributed by atoms with Gasteiger partial charge in [-0.25, -0.2) is 0 Å². The molecule has 3 rings (SSSR count). The van der Waals surface area contributed by atoms with Gasteiger partial charge in [0, 0.05) is 6.54 Å². The third-order valence-corrected chi connectivity index (χ3v) is 5.08. The first kappa shape index (κ1) is 18.3. The molecule has 6 heteroatoms. The van der Waals surface area contributed by atoms with Crippen LogP contribution < -0.4 is 14.8 Å². The SMILES string of the molecule is CCCN1CCCCC1C(=O)NCCc1cc(Cl)c2c(c1)OCCO2. The highest BCUT2D eigenvalue weighted by Crippen LogP contribution is 2.38. The molecule has 0 aliphatic carbocycles. The van der Waals surface area contributed by atoms with Crippen molar-refractivity contribution in [1.29, 1.82) is 0 Å². The molecule has 1 saturated heterocycles. The molecule has 2 aliphatic rings.